The highest BCUT2D eigenvalue weighted by atomic mass is 16.5. The van der Waals surface area contributed by atoms with Gasteiger partial charge in [0.25, 0.3) is 0 Å². The number of hydrogen-bond acceptors (Lipinski definition) is 5. The molecule has 6 nitrogen and oxygen atoms in total. The van der Waals surface area contributed by atoms with E-state index in [1.54, 1.807) is 14.2 Å². The van der Waals surface area contributed by atoms with Gasteiger partial charge in [-0.25, -0.2) is 4.98 Å². The summed E-state index contributed by atoms with van der Waals surface area (Å²) in [6.45, 7) is 0. The van der Waals surface area contributed by atoms with Crippen molar-refractivity contribution in [2.45, 2.75) is 25.2 Å². The van der Waals surface area contributed by atoms with Gasteiger partial charge in [-0.15, -0.1) is 0 Å². The van der Waals surface area contributed by atoms with Crippen LogP contribution >= 0.6 is 0 Å². The average Bonchev–Trinajstić information content (AvgIpc) is 3.18. The fourth-order valence-electron chi connectivity index (χ4n) is 3.64. The molecule has 0 fully saturated rings. The number of rotatable bonds is 7. The third-order valence-corrected chi connectivity index (χ3v) is 5.12. The minimum atomic E-state index is -0.734. The number of ether oxygens (including phenoxy) is 2. The number of methoxy groups -OCH3 is 2. The lowest BCUT2D eigenvalue weighted by Gasteiger charge is -2.24. The van der Waals surface area contributed by atoms with E-state index in [-0.39, 0.29) is 6.10 Å². The number of benzene rings is 2. The van der Waals surface area contributed by atoms with E-state index in [9.17, 15) is 5.11 Å². The molecule has 1 aliphatic carbocycles. The van der Waals surface area contributed by atoms with Gasteiger partial charge in [0.15, 0.2) is 0 Å². The molecular formula is C23H25N3O3. The maximum Gasteiger partial charge on any atom is 0.140 e. The number of imidazole rings is 1. The molecule has 1 aromatic heterocycles. The summed E-state index contributed by atoms with van der Waals surface area (Å²) in [5, 5.41) is 13.9. The fourth-order valence-corrected chi connectivity index (χ4v) is 3.64. The number of aliphatic hydroxyl groups excluding tert-OH is 1. The molecule has 0 saturated carbocycles. The number of nitrogens with one attached hydrogen (secondary N) is 2. The minimum absolute atomic E-state index is 0.116. The molecule has 1 aliphatic rings. The predicted molar refractivity (Wildman–Crippen MR) is 114 cm³/mol. The zero-order chi connectivity index (χ0) is 20.2. The molecule has 29 heavy (non-hydrogen) atoms. The summed E-state index contributed by atoms with van der Waals surface area (Å²) in [6, 6.07) is 15.8. The monoisotopic (exact) mass is 391 g/mol. The molecule has 0 aliphatic heterocycles. The number of aromatic nitrogens is 2. The number of anilines is 1. The first-order chi connectivity index (χ1) is 14.2. The van der Waals surface area contributed by atoms with Crippen LogP contribution in [0.5, 0.6) is 0 Å². The number of aromatic amines is 1. The lowest BCUT2D eigenvalue weighted by atomic mass is 9.97. The van der Waals surface area contributed by atoms with Gasteiger partial charge in [-0.1, -0.05) is 35.9 Å². The van der Waals surface area contributed by atoms with Crippen molar-refractivity contribution in [3.05, 3.63) is 72.0 Å². The molecule has 2 aromatic carbocycles. The van der Waals surface area contributed by atoms with Crippen LogP contribution in [-0.4, -0.2) is 41.6 Å². The highest BCUT2D eigenvalue weighted by Crippen LogP contribution is 2.29. The lowest BCUT2D eigenvalue weighted by Crippen LogP contribution is -2.24. The Hall–Kier alpha value is -3.09. The van der Waals surface area contributed by atoms with Crippen molar-refractivity contribution in [2.24, 2.45) is 0 Å². The van der Waals surface area contributed by atoms with Crippen molar-refractivity contribution < 1.29 is 14.6 Å². The van der Waals surface area contributed by atoms with Gasteiger partial charge in [-0.3, -0.25) is 0 Å². The zero-order valence-electron chi connectivity index (χ0n) is 16.6. The van der Waals surface area contributed by atoms with Gasteiger partial charge in [-0.2, -0.15) is 0 Å². The van der Waals surface area contributed by atoms with E-state index < -0.39 is 6.23 Å². The van der Waals surface area contributed by atoms with Crippen LogP contribution < -0.4 is 5.32 Å². The van der Waals surface area contributed by atoms with Gasteiger partial charge in [0.2, 0.25) is 0 Å². The van der Waals surface area contributed by atoms with Crippen LogP contribution in [-0.2, 0) is 9.47 Å². The molecule has 1 heterocycles. The normalized spacial score (nSPS) is 17.6. The molecule has 0 saturated heterocycles. The minimum Gasteiger partial charge on any atom is -0.498 e. The van der Waals surface area contributed by atoms with E-state index in [0.717, 1.165) is 39.4 Å². The Morgan fingerprint density at radius 3 is 2.72 bits per heavy atom. The largest absolute Gasteiger partial charge is 0.498 e. The standard InChI is InChI=1S/C23H25N3O3/c1-28-20-12-11-15(13-21(20)29-2)14-22(27)24-17-8-4-3-7-16(17)23-25-18-9-5-6-10-19(18)26-23/h3-12,21-22,24,27H,13-14H2,1-2H3,(H,25,26). The van der Waals surface area contributed by atoms with Crippen LogP contribution in [0.3, 0.4) is 0 Å². The van der Waals surface area contributed by atoms with E-state index in [4.69, 9.17) is 9.47 Å². The Morgan fingerprint density at radius 1 is 1.14 bits per heavy atom. The number of fused-ring (bicyclic) bond motifs is 1. The smallest absolute Gasteiger partial charge is 0.140 e. The number of allylic oxidation sites excluding steroid dienone is 2. The van der Waals surface area contributed by atoms with Crippen molar-refractivity contribution in [2.75, 3.05) is 19.5 Å². The number of aliphatic hydroxyl groups is 1. The van der Waals surface area contributed by atoms with E-state index in [0.29, 0.717) is 12.8 Å². The van der Waals surface area contributed by atoms with Gasteiger partial charge < -0.3 is 24.9 Å². The molecule has 3 N–H and O–H groups in total. The van der Waals surface area contributed by atoms with Gasteiger partial charge >= 0.3 is 0 Å². The van der Waals surface area contributed by atoms with Crippen LogP contribution in [0, 0.1) is 0 Å². The zero-order valence-corrected chi connectivity index (χ0v) is 16.6. The molecule has 0 bridgehead atoms. The number of hydrogen-bond donors (Lipinski definition) is 3. The summed E-state index contributed by atoms with van der Waals surface area (Å²) in [6.07, 6.45) is 4.23. The van der Waals surface area contributed by atoms with E-state index in [1.807, 2.05) is 60.7 Å². The Kier molecular flexibility index (Phi) is 5.64. The van der Waals surface area contributed by atoms with Crippen molar-refractivity contribution in [3.63, 3.8) is 0 Å². The Balaban J connectivity index is 1.51. The number of para-hydroxylation sites is 3. The summed E-state index contributed by atoms with van der Waals surface area (Å²) < 4.78 is 10.8. The maximum atomic E-state index is 10.7. The fraction of sp³-hybridized carbons (Fsp3) is 0.261. The van der Waals surface area contributed by atoms with Crippen molar-refractivity contribution in [1.29, 1.82) is 0 Å². The quantitative estimate of drug-likeness (QED) is 0.526. The summed E-state index contributed by atoms with van der Waals surface area (Å²) in [5.74, 6) is 1.57. The molecule has 3 aromatic rings. The summed E-state index contributed by atoms with van der Waals surface area (Å²) in [7, 11) is 3.31. The molecule has 4 rings (SSSR count). The van der Waals surface area contributed by atoms with Crippen molar-refractivity contribution >= 4 is 16.7 Å². The van der Waals surface area contributed by atoms with Gasteiger partial charge in [-0.05, 0) is 30.3 Å². The highest BCUT2D eigenvalue weighted by Gasteiger charge is 2.21. The number of nitrogens with zero attached hydrogens (tertiary/aromatic N) is 1. The van der Waals surface area contributed by atoms with Crippen LogP contribution in [0.15, 0.2) is 72.0 Å². The highest BCUT2D eigenvalue weighted by molar-refractivity contribution is 5.83. The SMILES string of the molecule is COC1=CC=C(CC(O)Nc2ccccc2-c2nc3ccccc3[nH]2)CC1OC. The summed E-state index contributed by atoms with van der Waals surface area (Å²) in [4.78, 5) is 8.03. The second kappa shape index (κ2) is 8.51. The molecular weight excluding hydrogens is 366 g/mol. The van der Waals surface area contributed by atoms with Gasteiger partial charge in [0.1, 0.15) is 23.9 Å². The van der Waals surface area contributed by atoms with E-state index in [1.165, 1.54) is 0 Å². The molecule has 2 atom stereocenters. The summed E-state index contributed by atoms with van der Waals surface area (Å²) in [5.41, 5.74) is 4.73. The maximum absolute atomic E-state index is 10.7. The predicted octanol–water partition coefficient (Wildman–Crippen LogP) is 4.23. The first-order valence-corrected chi connectivity index (χ1v) is 9.63. The molecule has 0 radical (unpaired) electrons. The van der Waals surface area contributed by atoms with Crippen LogP contribution in [0.4, 0.5) is 5.69 Å². The average molecular weight is 391 g/mol. The molecule has 2 unspecified atom stereocenters. The molecule has 6 heteroatoms. The van der Waals surface area contributed by atoms with Crippen LogP contribution in [0.1, 0.15) is 12.8 Å². The van der Waals surface area contributed by atoms with Gasteiger partial charge in [0, 0.05) is 31.2 Å². The number of H-pyrrole nitrogens is 1. The molecule has 0 amide bonds. The Bertz CT molecular complexity index is 1020. The van der Waals surface area contributed by atoms with Crippen molar-refractivity contribution in [3.8, 4) is 11.4 Å². The Morgan fingerprint density at radius 2 is 1.93 bits per heavy atom. The summed E-state index contributed by atoms with van der Waals surface area (Å²) >= 11 is 0. The lowest BCUT2D eigenvalue weighted by molar-refractivity contribution is 0.0753. The van der Waals surface area contributed by atoms with Crippen molar-refractivity contribution in [1.82, 2.24) is 9.97 Å². The van der Waals surface area contributed by atoms with Gasteiger partial charge in [0.05, 0.1) is 18.1 Å². The second-order valence-electron chi connectivity index (χ2n) is 7.04. The van der Waals surface area contributed by atoms with E-state index >= 15 is 0 Å². The van der Waals surface area contributed by atoms with E-state index in [2.05, 4.69) is 15.3 Å². The Labute approximate surface area is 169 Å². The second-order valence-corrected chi connectivity index (χ2v) is 7.04. The first kappa shape index (κ1) is 19.2. The molecule has 0 spiro atoms. The third kappa shape index (κ3) is 4.18. The van der Waals surface area contributed by atoms with Crippen LogP contribution in [0.25, 0.3) is 22.4 Å². The molecule has 150 valence electrons. The topological polar surface area (TPSA) is 79.4 Å². The third-order valence-electron chi connectivity index (χ3n) is 5.12. The van der Waals surface area contributed by atoms with Crippen LogP contribution in [0.2, 0.25) is 0 Å². The first-order valence-electron chi connectivity index (χ1n) is 9.63.